The Kier molecular flexibility index (Phi) is 5.01. The smallest absolute Gasteiger partial charge is 0.262 e. The van der Waals surface area contributed by atoms with Gasteiger partial charge in [0.15, 0.2) is 0 Å². The number of carbonyl (C=O) groups is 1. The Labute approximate surface area is 154 Å². The second kappa shape index (κ2) is 7.38. The van der Waals surface area contributed by atoms with E-state index in [0.717, 1.165) is 5.56 Å². The molecular formula is C19H14ClFN4O. The summed E-state index contributed by atoms with van der Waals surface area (Å²) in [5.74, 6) is -0.881. The molecule has 26 heavy (non-hydrogen) atoms. The molecule has 1 amide bonds. The van der Waals surface area contributed by atoms with Gasteiger partial charge < -0.3 is 10.3 Å². The maximum absolute atomic E-state index is 13.0. The van der Waals surface area contributed by atoms with E-state index in [1.54, 1.807) is 37.5 Å². The SMILES string of the molecule is C[C@@H](NC(=O)/C(C#N)=C/c1c[nH]c2nccc(Cl)c12)c1ccc(F)cc1. The van der Waals surface area contributed by atoms with Crippen molar-refractivity contribution in [3.05, 3.63) is 70.3 Å². The molecule has 7 heteroatoms. The zero-order chi connectivity index (χ0) is 18.7. The summed E-state index contributed by atoms with van der Waals surface area (Å²) in [6, 6.07) is 8.96. The molecule has 0 bridgehead atoms. The zero-order valence-electron chi connectivity index (χ0n) is 13.8. The predicted octanol–water partition coefficient (Wildman–Crippen LogP) is 4.14. The third-order valence-corrected chi connectivity index (χ3v) is 4.25. The van der Waals surface area contributed by atoms with Crippen molar-refractivity contribution < 1.29 is 9.18 Å². The summed E-state index contributed by atoms with van der Waals surface area (Å²) in [7, 11) is 0. The lowest BCUT2D eigenvalue weighted by molar-refractivity contribution is -0.117. The van der Waals surface area contributed by atoms with Crippen LogP contribution in [0.15, 0.2) is 48.3 Å². The molecule has 0 saturated heterocycles. The van der Waals surface area contributed by atoms with Crippen molar-refractivity contribution in [2.45, 2.75) is 13.0 Å². The van der Waals surface area contributed by atoms with Gasteiger partial charge in [0.1, 0.15) is 23.1 Å². The van der Waals surface area contributed by atoms with Gasteiger partial charge in [-0.05, 0) is 36.8 Å². The average molecular weight is 369 g/mol. The molecule has 5 nitrogen and oxygen atoms in total. The third-order valence-electron chi connectivity index (χ3n) is 3.94. The van der Waals surface area contributed by atoms with Gasteiger partial charge in [0.05, 0.1) is 11.1 Å². The Morgan fingerprint density at radius 3 is 2.81 bits per heavy atom. The monoisotopic (exact) mass is 368 g/mol. The van der Waals surface area contributed by atoms with Crippen molar-refractivity contribution >= 4 is 34.6 Å². The third kappa shape index (κ3) is 3.58. The molecule has 3 rings (SSSR count). The molecule has 0 radical (unpaired) electrons. The Hall–Kier alpha value is -3.17. The summed E-state index contributed by atoms with van der Waals surface area (Å²) in [5, 5.41) is 13.2. The first kappa shape index (κ1) is 17.6. The number of carbonyl (C=O) groups excluding carboxylic acids is 1. The second-order valence-electron chi connectivity index (χ2n) is 5.68. The maximum atomic E-state index is 13.0. The van der Waals surface area contributed by atoms with Gasteiger partial charge in [-0.3, -0.25) is 4.79 Å². The number of benzene rings is 1. The Bertz CT molecular complexity index is 1030. The van der Waals surface area contributed by atoms with Crippen molar-refractivity contribution in [3.8, 4) is 6.07 Å². The van der Waals surface area contributed by atoms with Crippen LogP contribution in [-0.4, -0.2) is 15.9 Å². The van der Waals surface area contributed by atoms with Crippen LogP contribution in [0.4, 0.5) is 4.39 Å². The number of nitrogens with zero attached hydrogens (tertiary/aromatic N) is 2. The number of amides is 1. The molecule has 0 aliphatic heterocycles. The van der Waals surface area contributed by atoms with Crippen LogP contribution in [-0.2, 0) is 4.79 Å². The van der Waals surface area contributed by atoms with Crippen molar-refractivity contribution in [3.63, 3.8) is 0 Å². The molecule has 0 saturated carbocycles. The fourth-order valence-corrected chi connectivity index (χ4v) is 2.82. The molecule has 2 N–H and O–H groups in total. The number of nitrogens with one attached hydrogen (secondary N) is 2. The molecule has 0 aliphatic rings. The highest BCUT2D eigenvalue weighted by atomic mass is 35.5. The number of halogens is 2. The van der Waals surface area contributed by atoms with E-state index in [4.69, 9.17) is 11.6 Å². The molecule has 0 spiro atoms. The molecular weight excluding hydrogens is 355 g/mol. The first-order chi connectivity index (χ1) is 12.5. The molecule has 2 heterocycles. The quantitative estimate of drug-likeness (QED) is 0.536. The molecule has 0 aliphatic carbocycles. The number of H-pyrrole nitrogens is 1. The Morgan fingerprint density at radius 1 is 1.38 bits per heavy atom. The molecule has 1 atom stereocenters. The zero-order valence-corrected chi connectivity index (χ0v) is 14.5. The fourth-order valence-electron chi connectivity index (χ4n) is 2.57. The highest BCUT2D eigenvalue weighted by Gasteiger charge is 2.15. The number of rotatable bonds is 4. The fraction of sp³-hybridized carbons (Fsp3) is 0.105. The lowest BCUT2D eigenvalue weighted by Crippen LogP contribution is -2.27. The summed E-state index contributed by atoms with van der Waals surface area (Å²) >= 11 is 6.18. The van der Waals surface area contributed by atoms with Gasteiger partial charge in [0, 0.05) is 23.3 Å². The van der Waals surface area contributed by atoms with Gasteiger partial charge in [-0.15, -0.1) is 0 Å². The van der Waals surface area contributed by atoms with Crippen molar-refractivity contribution in [2.24, 2.45) is 0 Å². The van der Waals surface area contributed by atoms with Crippen LogP contribution in [0.25, 0.3) is 17.1 Å². The number of fused-ring (bicyclic) bond motifs is 1. The van der Waals surface area contributed by atoms with Crippen LogP contribution in [0, 0.1) is 17.1 Å². The lowest BCUT2D eigenvalue weighted by atomic mass is 10.1. The predicted molar refractivity (Wildman–Crippen MR) is 97.7 cm³/mol. The minimum Gasteiger partial charge on any atom is -0.345 e. The number of pyridine rings is 1. The lowest BCUT2D eigenvalue weighted by Gasteiger charge is -2.13. The van der Waals surface area contributed by atoms with Crippen LogP contribution in [0.3, 0.4) is 0 Å². The molecule has 2 aromatic heterocycles. The minimum absolute atomic E-state index is 0.0696. The summed E-state index contributed by atoms with van der Waals surface area (Å²) in [6.07, 6.45) is 4.66. The molecule has 1 aromatic carbocycles. The van der Waals surface area contributed by atoms with E-state index in [0.29, 0.717) is 21.6 Å². The van der Waals surface area contributed by atoms with Gasteiger partial charge in [-0.25, -0.2) is 9.37 Å². The summed E-state index contributed by atoms with van der Waals surface area (Å²) < 4.78 is 13.0. The van der Waals surface area contributed by atoms with E-state index >= 15 is 0 Å². The summed E-state index contributed by atoms with van der Waals surface area (Å²) in [4.78, 5) is 19.5. The Morgan fingerprint density at radius 2 is 2.12 bits per heavy atom. The largest absolute Gasteiger partial charge is 0.345 e. The van der Waals surface area contributed by atoms with Gasteiger partial charge in [-0.1, -0.05) is 23.7 Å². The Balaban J connectivity index is 1.85. The molecule has 130 valence electrons. The minimum atomic E-state index is -0.529. The average Bonchev–Trinajstić information content (AvgIpc) is 3.04. The topological polar surface area (TPSA) is 81.6 Å². The van der Waals surface area contributed by atoms with E-state index in [1.165, 1.54) is 18.2 Å². The van der Waals surface area contributed by atoms with Crippen molar-refractivity contribution in [1.29, 1.82) is 5.26 Å². The van der Waals surface area contributed by atoms with Crippen LogP contribution < -0.4 is 5.32 Å². The van der Waals surface area contributed by atoms with Crippen LogP contribution in [0.1, 0.15) is 24.1 Å². The number of hydrogen-bond acceptors (Lipinski definition) is 3. The highest BCUT2D eigenvalue weighted by Crippen LogP contribution is 2.26. The highest BCUT2D eigenvalue weighted by molar-refractivity contribution is 6.35. The van der Waals surface area contributed by atoms with E-state index < -0.39 is 5.91 Å². The maximum Gasteiger partial charge on any atom is 0.262 e. The van der Waals surface area contributed by atoms with Crippen molar-refractivity contribution in [2.75, 3.05) is 0 Å². The summed E-state index contributed by atoms with van der Waals surface area (Å²) in [6.45, 7) is 1.76. The number of hydrogen-bond donors (Lipinski definition) is 2. The van der Waals surface area contributed by atoms with Crippen LogP contribution >= 0.6 is 11.6 Å². The molecule has 3 aromatic rings. The number of nitriles is 1. The van der Waals surface area contributed by atoms with Crippen LogP contribution in [0.2, 0.25) is 5.02 Å². The number of aromatic nitrogens is 2. The van der Waals surface area contributed by atoms with Gasteiger partial charge in [0.2, 0.25) is 0 Å². The van der Waals surface area contributed by atoms with E-state index in [-0.39, 0.29) is 17.4 Å². The van der Waals surface area contributed by atoms with Crippen LogP contribution in [0.5, 0.6) is 0 Å². The first-order valence-corrected chi connectivity index (χ1v) is 8.17. The van der Waals surface area contributed by atoms with E-state index in [1.807, 2.05) is 6.07 Å². The summed E-state index contributed by atoms with van der Waals surface area (Å²) in [5.41, 5.74) is 1.83. The van der Waals surface area contributed by atoms with Gasteiger partial charge in [0.25, 0.3) is 5.91 Å². The molecule has 0 unspecified atom stereocenters. The standard InChI is InChI=1S/C19H14ClFN4O/c1-11(12-2-4-15(21)5-3-12)25-19(26)13(9-22)8-14-10-24-18-17(14)16(20)6-7-23-18/h2-8,10-11H,1H3,(H,23,24)(H,25,26)/b13-8+/t11-/m1/s1. The normalized spacial score (nSPS) is 12.6. The van der Waals surface area contributed by atoms with E-state index in [9.17, 15) is 14.4 Å². The second-order valence-corrected chi connectivity index (χ2v) is 6.08. The molecule has 0 fully saturated rings. The van der Waals surface area contributed by atoms with Crippen molar-refractivity contribution in [1.82, 2.24) is 15.3 Å². The van der Waals surface area contributed by atoms with Gasteiger partial charge >= 0.3 is 0 Å². The van der Waals surface area contributed by atoms with E-state index in [2.05, 4.69) is 15.3 Å². The van der Waals surface area contributed by atoms with Gasteiger partial charge in [-0.2, -0.15) is 5.26 Å². The number of aromatic amines is 1. The first-order valence-electron chi connectivity index (χ1n) is 7.79.